The second-order valence-electron chi connectivity index (χ2n) is 4.48. The zero-order chi connectivity index (χ0) is 13.4. The maximum atomic E-state index is 11.8. The second kappa shape index (κ2) is 4.65. The van der Waals surface area contributed by atoms with Crippen molar-refractivity contribution in [3.8, 4) is 0 Å². The van der Waals surface area contributed by atoms with Crippen molar-refractivity contribution in [3.05, 3.63) is 17.0 Å². The predicted octanol–water partition coefficient (Wildman–Crippen LogP) is 0.777. The highest BCUT2D eigenvalue weighted by Crippen LogP contribution is 2.23. The number of nitrogens with one attached hydrogen (secondary N) is 2. The zero-order valence-electron chi connectivity index (χ0n) is 10.4. The molecule has 1 atom stereocenters. The highest BCUT2D eigenvalue weighted by molar-refractivity contribution is 6.30. The molecule has 1 saturated heterocycles. The number of nitrogens with zero attached hydrogens (tertiary/aromatic N) is 4. The van der Waals surface area contributed by atoms with Crippen molar-refractivity contribution in [1.29, 1.82) is 0 Å². The van der Waals surface area contributed by atoms with Crippen LogP contribution in [0.3, 0.4) is 0 Å². The van der Waals surface area contributed by atoms with E-state index in [-0.39, 0.29) is 11.9 Å². The number of aromatic nitrogens is 4. The lowest BCUT2D eigenvalue weighted by Crippen LogP contribution is -2.44. The Hall–Kier alpha value is -1.89. The van der Waals surface area contributed by atoms with E-state index in [9.17, 15) is 4.79 Å². The summed E-state index contributed by atoms with van der Waals surface area (Å²) in [5.74, 6) is 1.07. The summed E-state index contributed by atoms with van der Waals surface area (Å²) in [6, 6.07) is -0.279. The Morgan fingerprint density at radius 1 is 1.58 bits per heavy atom. The third kappa shape index (κ3) is 2.10. The van der Waals surface area contributed by atoms with E-state index in [0.29, 0.717) is 16.7 Å². The first kappa shape index (κ1) is 12.2. The van der Waals surface area contributed by atoms with Crippen LogP contribution in [-0.2, 0) is 4.79 Å². The first-order valence-corrected chi connectivity index (χ1v) is 6.44. The molecule has 1 amide bonds. The Balaban J connectivity index is 2.01. The third-order valence-corrected chi connectivity index (χ3v) is 3.57. The van der Waals surface area contributed by atoms with E-state index in [4.69, 9.17) is 11.6 Å². The maximum absolute atomic E-state index is 11.8. The standard InChI is InChI=1S/C11H13ClN6O/c1-6-8(12)17-11-14-5-15-18(11)9(6)16-7-3-2-4-13-10(7)19/h5,7,16H,2-4H2,1H3,(H,13,19). The molecule has 0 radical (unpaired) electrons. The fourth-order valence-corrected chi connectivity index (χ4v) is 2.31. The molecular formula is C11H13ClN6O. The average molecular weight is 281 g/mol. The summed E-state index contributed by atoms with van der Waals surface area (Å²) in [4.78, 5) is 19.9. The minimum Gasteiger partial charge on any atom is -0.358 e. The highest BCUT2D eigenvalue weighted by atomic mass is 35.5. The van der Waals surface area contributed by atoms with Gasteiger partial charge in [0.1, 0.15) is 23.3 Å². The number of anilines is 1. The molecule has 8 heteroatoms. The molecular weight excluding hydrogens is 268 g/mol. The third-order valence-electron chi connectivity index (χ3n) is 3.20. The van der Waals surface area contributed by atoms with E-state index >= 15 is 0 Å². The average Bonchev–Trinajstić information content (AvgIpc) is 2.85. The second-order valence-corrected chi connectivity index (χ2v) is 4.84. The van der Waals surface area contributed by atoms with Crippen molar-refractivity contribution < 1.29 is 4.79 Å². The number of hydrogen-bond acceptors (Lipinski definition) is 5. The van der Waals surface area contributed by atoms with Gasteiger partial charge in [-0.25, -0.2) is 0 Å². The lowest BCUT2D eigenvalue weighted by Gasteiger charge is -2.24. The molecule has 2 aromatic heterocycles. The van der Waals surface area contributed by atoms with Crippen LogP contribution in [0.25, 0.3) is 5.78 Å². The fraction of sp³-hybridized carbons (Fsp3) is 0.455. The molecule has 1 fully saturated rings. The van der Waals surface area contributed by atoms with Gasteiger partial charge in [0.15, 0.2) is 0 Å². The monoisotopic (exact) mass is 280 g/mol. The molecule has 1 aliphatic heterocycles. The van der Waals surface area contributed by atoms with Crippen molar-refractivity contribution in [2.75, 3.05) is 11.9 Å². The molecule has 1 unspecified atom stereocenters. The summed E-state index contributed by atoms with van der Waals surface area (Å²) in [6.45, 7) is 2.56. The van der Waals surface area contributed by atoms with E-state index < -0.39 is 0 Å². The van der Waals surface area contributed by atoms with Gasteiger partial charge in [0.2, 0.25) is 5.91 Å². The van der Waals surface area contributed by atoms with Crippen molar-refractivity contribution >= 4 is 29.1 Å². The molecule has 19 heavy (non-hydrogen) atoms. The van der Waals surface area contributed by atoms with Crippen LogP contribution in [0, 0.1) is 6.92 Å². The predicted molar refractivity (Wildman–Crippen MR) is 70.2 cm³/mol. The molecule has 0 spiro atoms. The van der Waals surface area contributed by atoms with Crippen LogP contribution in [0.1, 0.15) is 18.4 Å². The summed E-state index contributed by atoms with van der Waals surface area (Å²) in [5, 5.41) is 10.5. The topological polar surface area (TPSA) is 84.2 Å². The van der Waals surface area contributed by atoms with E-state index in [2.05, 4.69) is 25.7 Å². The summed E-state index contributed by atoms with van der Waals surface area (Å²) in [6.07, 6.45) is 3.13. The summed E-state index contributed by atoms with van der Waals surface area (Å²) in [5.41, 5.74) is 0.748. The normalized spacial score (nSPS) is 19.5. The van der Waals surface area contributed by atoms with Crippen LogP contribution in [-0.4, -0.2) is 38.1 Å². The van der Waals surface area contributed by atoms with Crippen LogP contribution in [0.5, 0.6) is 0 Å². The van der Waals surface area contributed by atoms with Gasteiger partial charge in [-0.05, 0) is 19.8 Å². The minimum absolute atomic E-state index is 0.00755. The number of hydrogen-bond donors (Lipinski definition) is 2. The van der Waals surface area contributed by atoms with E-state index in [1.165, 1.54) is 6.33 Å². The van der Waals surface area contributed by atoms with Gasteiger partial charge < -0.3 is 10.6 Å². The lowest BCUT2D eigenvalue weighted by molar-refractivity contribution is -0.123. The minimum atomic E-state index is -0.279. The number of fused-ring (bicyclic) bond motifs is 1. The number of carbonyl (C=O) groups excluding carboxylic acids is 1. The first-order chi connectivity index (χ1) is 9.16. The number of piperidine rings is 1. The van der Waals surface area contributed by atoms with E-state index in [1.54, 1.807) is 4.52 Å². The SMILES string of the molecule is Cc1c(Cl)nc2ncnn2c1NC1CCCNC1=O. The Morgan fingerprint density at radius 3 is 3.21 bits per heavy atom. The van der Waals surface area contributed by atoms with Crippen LogP contribution in [0.2, 0.25) is 5.15 Å². The number of halogens is 1. The van der Waals surface area contributed by atoms with Gasteiger partial charge in [-0.1, -0.05) is 11.6 Å². The molecule has 0 bridgehead atoms. The number of carbonyl (C=O) groups is 1. The van der Waals surface area contributed by atoms with Gasteiger partial charge in [-0.2, -0.15) is 19.6 Å². The van der Waals surface area contributed by atoms with Crippen LogP contribution in [0.4, 0.5) is 5.82 Å². The van der Waals surface area contributed by atoms with Gasteiger partial charge in [-0.15, -0.1) is 0 Å². The Bertz CT molecular complexity index is 639. The zero-order valence-corrected chi connectivity index (χ0v) is 11.1. The molecule has 2 N–H and O–H groups in total. The van der Waals surface area contributed by atoms with Gasteiger partial charge in [0.25, 0.3) is 5.78 Å². The Kier molecular flexibility index (Phi) is 2.98. The summed E-state index contributed by atoms with van der Waals surface area (Å²) >= 11 is 6.07. The van der Waals surface area contributed by atoms with Crippen molar-refractivity contribution in [2.24, 2.45) is 0 Å². The first-order valence-electron chi connectivity index (χ1n) is 6.07. The smallest absolute Gasteiger partial charge is 0.255 e. The van der Waals surface area contributed by atoms with E-state index in [1.807, 2.05) is 6.92 Å². The van der Waals surface area contributed by atoms with Crippen molar-refractivity contribution in [2.45, 2.75) is 25.8 Å². The summed E-state index contributed by atoms with van der Waals surface area (Å²) < 4.78 is 1.56. The molecule has 1 aliphatic rings. The summed E-state index contributed by atoms with van der Waals surface area (Å²) in [7, 11) is 0. The van der Waals surface area contributed by atoms with Gasteiger partial charge >= 0.3 is 0 Å². The quantitative estimate of drug-likeness (QED) is 0.794. The number of amides is 1. The fourth-order valence-electron chi connectivity index (χ4n) is 2.14. The molecule has 100 valence electrons. The van der Waals surface area contributed by atoms with E-state index in [0.717, 1.165) is 24.9 Å². The maximum Gasteiger partial charge on any atom is 0.255 e. The molecule has 3 heterocycles. The van der Waals surface area contributed by atoms with Gasteiger partial charge in [0.05, 0.1) is 0 Å². The van der Waals surface area contributed by atoms with Crippen LogP contribution >= 0.6 is 11.6 Å². The molecule has 0 aromatic carbocycles. The Morgan fingerprint density at radius 2 is 2.42 bits per heavy atom. The van der Waals surface area contributed by atoms with Crippen molar-refractivity contribution in [3.63, 3.8) is 0 Å². The largest absolute Gasteiger partial charge is 0.358 e. The molecule has 2 aromatic rings. The molecule has 0 saturated carbocycles. The lowest BCUT2D eigenvalue weighted by atomic mass is 10.1. The van der Waals surface area contributed by atoms with Crippen LogP contribution < -0.4 is 10.6 Å². The molecule has 3 rings (SSSR count). The number of rotatable bonds is 2. The van der Waals surface area contributed by atoms with Gasteiger partial charge in [0, 0.05) is 12.1 Å². The highest BCUT2D eigenvalue weighted by Gasteiger charge is 2.24. The molecule has 0 aliphatic carbocycles. The van der Waals surface area contributed by atoms with Crippen molar-refractivity contribution in [1.82, 2.24) is 24.9 Å². The molecule has 7 nitrogen and oxygen atoms in total. The van der Waals surface area contributed by atoms with Crippen LogP contribution in [0.15, 0.2) is 6.33 Å². The Labute approximate surface area is 114 Å². The van der Waals surface area contributed by atoms with Gasteiger partial charge in [-0.3, -0.25) is 4.79 Å².